The minimum absolute atomic E-state index is 0.269. The second kappa shape index (κ2) is 18.4. The molecule has 0 amide bonds. The number of aliphatic hydroxyl groups excluding tert-OH is 1. The molecule has 0 rings (SSSR count). The molecule has 0 aromatic carbocycles. The van der Waals surface area contributed by atoms with Crippen LogP contribution in [0.15, 0.2) is 48.6 Å². The zero-order valence-corrected chi connectivity index (χ0v) is 14.2. The Kier molecular flexibility index (Phi) is 17.1. The van der Waals surface area contributed by atoms with Crippen LogP contribution in [0.25, 0.3) is 0 Å². The van der Waals surface area contributed by atoms with Crippen LogP contribution in [0.4, 0.5) is 0 Å². The lowest BCUT2D eigenvalue weighted by atomic mass is 10.2. The molecule has 0 spiro atoms. The normalized spacial score (nSPS) is 12.4. The van der Waals surface area contributed by atoms with Crippen LogP contribution in [-0.2, 0) is 4.79 Å². The molecule has 0 saturated heterocycles. The summed E-state index contributed by atoms with van der Waals surface area (Å²) in [6.45, 7) is 0.305. The number of carboxylic acids is 1. The number of hydrogen-bond acceptors (Lipinski definition) is 2. The lowest BCUT2D eigenvalue weighted by Gasteiger charge is -1.93. The van der Waals surface area contributed by atoms with Crippen LogP contribution >= 0.6 is 0 Å². The third kappa shape index (κ3) is 20.4. The van der Waals surface area contributed by atoms with E-state index in [4.69, 9.17) is 10.2 Å². The monoisotopic (exact) mass is 320 g/mol. The van der Waals surface area contributed by atoms with Gasteiger partial charge in [-0.1, -0.05) is 55.0 Å². The fourth-order valence-electron chi connectivity index (χ4n) is 1.98. The van der Waals surface area contributed by atoms with Gasteiger partial charge in [0.15, 0.2) is 0 Å². The van der Waals surface area contributed by atoms with Crippen LogP contribution in [0.2, 0.25) is 0 Å². The van der Waals surface area contributed by atoms with Gasteiger partial charge in [-0.2, -0.15) is 0 Å². The molecule has 0 saturated carbocycles. The van der Waals surface area contributed by atoms with Crippen molar-refractivity contribution >= 4 is 5.97 Å². The zero-order chi connectivity index (χ0) is 17.0. The number of aliphatic hydroxyl groups is 1. The van der Waals surface area contributed by atoms with Crippen LogP contribution in [0.3, 0.4) is 0 Å². The highest BCUT2D eigenvalue weighted by molar-refractivity contribution is 5.66. The van der Waals surface area contributed by atoms with Gasteiger partial charge in [0.05, 0.1) is 0 Å². The Balaban J connectivity index is 3.40. The van der Waals surface area contributed by atoms with E-state index in [-0.39, 0.29) is 6.42 Å². The molecule has 130 valence electrons. The molecule has 2 N–H and O–H groups in total. The van der Waals surface area contributed by atoms with E-state index in [0.717, 1.165) is 57.8 Å². The average molecular weight is 320 g/mol. The first-order valence-electron chi connectivity index (χ1n) is 8.71. The van der Waals surface area contributed by atoms with Crippen molar-refractivity contribution in [2.24, 2.45) is 0 Å². The van der Waals surface area contributed by atoms with Crippen LogP contribution < -0.4 is 0 Å². The van der Waals surface area contributed by atoms with Gasteiger partial charge in [0.25, 0.3) is 0 Å². The summed E-state index contributed by atoms with van der Waals surface area (Å²) >= 11 is 0. The summed E-state index contributed by atoms with van der Waals surface area (Å²) in [5.41, 5.74) is 0. The number of allylic oxidation sites excluding steroid dienone is 8. The molecule has 0 atom stereocenters. The molecule has 0 aliphatic rings. The third-order valence-electron chi connectivity index (χ3n) is 3.30. The Labute approximate surface area is 141 Å². The maximum atomic E-state index is 10.3. The molecular weight excluding hydrogens is 288 g/mol. The van der Waals surface area contributed by atoms with Crippen molar-refractivity contribution in [3.8, 4) is 0 Å². The number of rotatable bonds is 15. The molecule has 0 aromatic heterocycles. The van der Waals surface area contributed by atoms with E-state index >= 15 is 0 Å². The van der Waals surface area contributed by atoms with Crippen LogP contribution in [-0.4, -0.2) is 22.8 Å². The van der Waals surface area contributed by atoms with E-state index in [1.807, 2.05) is 12.2 Å². The summed E-state index contributed by atoms with van der Waals surface area (Å²) in [4.78, 5) is 10.3. The van der Waals surface area contributed by atoms with Gasteiger partial charge in [-0.15, -0.1) is 0 Å². The van der Waals surface area contributed by atoms with Gasteiger partial charge >= 0.3 is 5.97 Å². The van der Waals surface area contributed by atoms with E-state index in [0.29, 0.717) is 6.61 Å². The zero-order valence-electron chi connectivity index (χ0n) is 14.2. The third-order valence-corrected chi connectivity index (χ3v) is 3.30. The molecule has 0 unspecified atom stereocenters. The van der Waals surface area contributed by atoms with Crippen LogP contribution in [0, 0.1) is 0 Å². The van der Waals surface area contributed by atoms with Gasteiger partial charge in [-0.3, -0.25) is 4.79 Å². The van der Waals surface area contributed by atoms with Gasteiger partial charge in [0.2, 0.25) is 0 Å². The number of hydrogen-bond donors (Lipinski definition) is 2. The summed E-state index contributed by atoms with van der Waals surface area (Å²) in [6, 6.07) is 0. The van der Waals surface area contributed by atoms with Crippen molar-refractivity contribution < 1.29 is 15.0 Å². The maximum absolute atomic E-state index is 10.3. The van der Waals surface area contributed by atoms with Crippen molar-refractivity contribution in [3.63, 3.8) is 0 Å². The summed E-state index contributed by atoms with van der Waals surface area (Å²) in [5, 5.41) is 17.2. The first-order valence-corrected chi connectivity index (χ1v) is 8.71. The van der Waals surface area contributed by atoms with E-state index in [9.17, 15) is 4.79 Å². The number of unbranched alkanes of at least 4 members (excludes halogenated alkanes) is 5. The van der Waals surface area contributed by atoms with E-state index in [1.165, 1.54) is 0 Å². The Hall–Kier alpha value is -1.61. The largest absolute Gasteiger partial charge is 0.481 e. The van der Waals surface area contributed by atoms with Gasteiger partial charge in [-0.05, 0) is 51.4 Å². The number of carbonyl (C=O) groups is 1. The molecular formula is C20H32O3. The van der Waals surface area contributed by atoms with Gasteiger partial charge in [0, 0.05) is 13.0 Å². The van der Waals surface area contributed by atoms with Gasteiger partial charge < -0.3 is 10.2 Å². The summed E-state index contributed by atoms with van der Waals surface area (Å²) < 4.78 is 0. The molecule has 0 aromatic rings. The molecule has 0 fully saturated rings. The Bertz CT molecular complexity index is 378. The fourth-order valence-corrected chi connectivity index (χ4v) is 1.98. The van der Waals surface area contributed by atoms with E-state index < -0.39 is 5.97 Å². The molecule has 0 radical (unpaired) electrons. The average Bonchev–Trinajstić information content (AvgIpc) is 2.53. The van der Waals surface area contributed by atoms with Crippen molar-refractivity contribution in [1.29, 1.82) is 0 Å². The Morgan fingerprint density at radius 2 is 1.30 bits per heavy atom. The summed E-state index contributed by atoms with van der Waals surface area (Å²) in [7, 11) is 0. The van der Waals surface area contributed by atoms with E-state index in [2.05, 4.69) is 36.5 Å². The van der Waals surface area contributed by atoms with Gasteiger partial charge in [0.1, 0.15) is 0 Å². The minimum Gasteiger partial charge on any atom is -0.481 e. The predicted octanol–water partition coefficient (Wildman–Crippen LogP) is 5.19. The van der Waals surface area contributed by atoms with Crippen molar-refractivity contribution in [3.05, 3.63) is 48.6 Å². The molecule has 3 heteroatoms. The topological polar surface area (TPSA) is 57.5 Å². The molecule has 0 bridgehead atoms. The second-order valence-electron chi connectivity index (χ2n) is 5.48. The first kappa shape index (κ1) is 21.4. The first-order chi connectivity index (χ1) is 11.3. The quantitative estimate of drug-likeness (QED) is 0.248. The second-order valence-corrected chi connectivity index (χ2v) is 5.48. The minimum atomic E-state index is -0.711. The van der Waals surface area contributed by atoms with Crippen LogP contribution in [0.5, 0.6) is 0 Å². The highest BCUT2D eigenvalue weighted by Crippen LogP contribution is 2.02. The van der Waals surface area contributed by atoms with Crippen LogP contribution in [0.1, 0.15) is 64.2 Å². The standard InChI is InChI=1S/C20H32O3/c21-19-17-15-13-11-9-7-5-3-1-2-4-6-8-10-12-14-16-18-20(22)23/h1,3-4,6-10,21H,2,5,11-19H2,(H,22,23)/b3-1+,6-4+,9-7+,10-8+. The predicted molar refractivity (Wildman–Crippen MR) is 97.5 cm³/mol. The Morgan fingerprint density at radius 1 is 0.696 bits per heavy atom. The highest BCUT2D eigenvalue weighted by atomic mass is 16.4. The molecule has 3 nitrogen and oxygen atoms in total. The lowest BCUT2D eigenvalue weighted by Crippen LogP contribution is -1.92. The fraction of sp³-hybridized carbons (Fsp3) is 0.550. The van der Waals surface area contributed by atoms with E-state index in [1.54, 1.807) is 0 Å². The maximum Gasteiger partial charge on any atom is 0.303 e. The van der Waals surface area contributed by atoms with Crippen molar-refractivity contribution in [2.45, 2.75) is 64.2 Å². The van der Waals surface area contributed by atoms with Crippen molar-refractivity contribution in [1.82, 2.24) is 0 Å². The Morgan fingerprint density at radius 3 is 2.04 bits per heavy atom. The highest BCUT2D eigenvalue weighted by Gasteiger charge is 1.93. The number of aliphatic carboxylic acids is 1. The molecule has 0 heterocycles. The smallest absolute Gasteiger partial charge is 0.303 e. The van der Waals surface area contributed by atoms with Gasteiger partial charge in [-0.25, -0.2) is 0 Å². The lowest BCUT2D eigenvalue weighted by molar-refractivity contribution is -0.137. The summed E-state index contributed by atoms with van der Waals surface area (Å²) in [6.07, 6.45) is 26.1. The molecule has 0 aliphatic carbocycles. The SMILES string of the molecule is O=C(O)CCCC/C=C/C=C/C/C=C/C/C=C/CCCCCO. The van der Waals surface area contributed by atoms with Crippen molar-refractivity contribution in [2.75, 3.05) is 6.61 Å². The number of carboxylic acid groups (broad SMARTS) is 1. The summed E-state index contributed by atoms with van der Waals surface area (Å²) in [5.74, 6) is -0.711. The molecule has 23 heavy (non-hydrogen) atoms. The molecule has 0 aliphatic heterocycles.